The van der Waals surface area contributed by atoms with Gasteiger partial charge in [0.25, 0.3) is 0 Å². The number of rotatable bonds is 8. The quantitative estimate of drug-likeness (QED) is 0.624. The second kappa shape index (κ2) is 10.1. The lowest BCUT2D eigenvalue weighted by Crippen LogP contribution is -2.50. The van der Waals surface area contributed by atoms with E-state index in [1.165, 1.54) is 12.1 Å². The van der Waals surface area contributed by atoms with Gasteiger partial charge in [0.2, 0.25) is 0 Å². The highest BCUT2D eigenvalue weighted by atomic mass is 19.1. The minimum Gasteiger partial charge on any atom is -0.391 e. The van der Waals surface area contributed by atoms with E-state index >= 15 is 8.78 Å². The highest BCUT2D eigenvalue weighted by Crippen LogP contribution is 2.34. The first-order valence-electron chi connectivity index (χ1n) is 10.8. The molecule has 2 fully saturated rings. The summed E-state index contributed by atoms with van der Waals surface area (Å²) < 4.78 is 30.1. The van der Waals surface area contributed by atoms with Gasteiger partial charge >= 0.3 is 0 Å². The van der Waals surface area contributed by atoms with Crippen LogP contribution in [0.15, 0.2) is 49.3 Å². The Kier molecular flexibility index (Phi) is 7.53. The van der Waals surface area contributed by atoms with Crippen LogP contribution in [0.3, 0.4) is 0 Å². The van der Waals surface area contributed by atoms with Crippen molar-refractivity contribution in [2.45, 2.75) is 37.6 Å². The summed E-state index contributed by atoms with van der Waals surface area (Å²) in [5.74, 6) is -1.44. The van der Waals surface area contributed by atoms with Crippen molar-refractivity contribution in [1.29, 1.82) is 0 Å². The minimum absolute atomic E-state index is 0.0898. The lowest BCUT2D eigenvalue weighted by molar-refractivity contribution is 0.195. The van der Waals surface area contributed by atoms with Crippen LogP contribution in [0.1, 0.15) is 37.2 Å². The molecule has 1 aromatic carbocycles. The van der Waals surface area contributed by atoms with Crippen LogP contribution in [0.2, 0.25) is 0 Å². The number of benzene rings is 1. The standard InChI is InChI=1S/C24H34F2N4/c1-5-6-7-21(18(3)27-4)24-22(25)14-20(15-23(24)26)29-11-8-19(9-12-29)30-13-10-28-16-17(30)2/h5,14-15,19,21,27-28H,1-3,6-13,16H2,4H3. The van der Waals surface area contributed by atoms with Crippen LogP contribution in [0.4, 0.5) is 14.5 Å². The first kappa shape index (κ1) is 22.3. The molecule has 3 rings (SSSR count). The van der Waals surface area contributed by atoms with E-state index in [0.29, 0.717) is 30.3 Å². The summed E-state index contributed by atoms with van der Waals surface area (Å²) in [7, 11) is 1.73. The molecular formula is C24H34F2N4. The second-order valence-electron chi connectivity index (χ2n) is 8.17. The summed E-state index contributed by atoms with van der Waals surface area (Å²) in [5, 5.41) is 6.29. The van der Waals surface area contributed by atoms with Crippen molar-refractivity contribution in [2.75, 3.05) is 44.7 Å². The predicted molar refractivity (Wildman–Crippen MR) is 121 cm³/mol. The molecule has 2 aliphatic rings. The molecule has 0 radical (unpaired) electrons. The molecule has 0 saturated carbocycles. The average molecular weight is 417 g/mol. The Morgan fingerprint density at radius 2 is 1.93 bits per heavy atom. The summed E-state index contributed by atoms with van der Waals surface area (Å²) in [6.45, 7) is 16.2. The molecule has 1 atom stereocenters. The number of nitrogens with one attached hydrogen (secondary N) is 2. The third-order valence-electron chi connectivity index (χ3n) is 6.35. The van der Waals surface area contributed by atoms with Crippen LogP contribution >= 0.6 is 0 Å². The zero-order valence-corrected chi connectivity index (χ0v) is 18.0. The fraction of sp³-hybridized carbons (Fsp3) is 0.500. The number of hydrogen-bond donors (Lipinski definition) is 2. The highest BCUT2D eigenvalue weighted by Gasteiger charge is 2.28. The Hall–Kier alpha value is -2.34. The van der Waals surface area contributed by atoms with Crippen molar-refractivity contribution in [3.8, 4) is 0 Å². The molecule has 4 nitrogen and oxygen atoms in total. The van der Waals surface area contributed by atoms with E-state index in [2.05, 4.69) is 40.2 Å². The van der Waals surface area contributed by atoms with Gasteiger partial charge in [0.15, 0.2) is 0 Å². The summed E-state index contributed by atoms with van der Waals surface area (Å²) in [6, 6.07) is 3.41. The molecule has 0 aliphatic carbocycles. The molecule has 6 heteroatoms. The maximum Gasteiger partial charge on any atom is 0.132 e. The van der Waals surface area contributed by atoms with Crippen molar-refractivity contribution < 1.29 is 8.78 Å². The van der Waals surface area contributed by atoms with Gasteiger partial charge < -0.3 is 20.4 Å². The highest BCUT2D eigenvalue weighted by molar-refractivity contribution is 5.50. The maximum absolute atomic E-state index is 15.1. The number of anilines is 1. The molecule has 0 bridgehead atoms. The second-order valence-corrected chi connectivity index (χ2v) is 8.17. The zero-order chi connectivity index (χ0) is 21.7. The maximum atomic E-state index is 15.1. The van der Waals surface area contributed by atoms with Gasteiger partial charge in [-0.05, 0) is 37.8 Å². The zero-order valence-electron chi connectivity index (χ0n) is 18.0. The van der Waals surface area contributed by atoms with Crippen molar-refractivity contribution in [1.82, 2.24) is 15.5 Å². The summed E-state index contributed by atoms with van der Waals surface area (Å²) >= 11 is 0. The van der Waals surface area contributed by atoms with E-state index < -0.39 is 17.6 Å². The van der Waals surface area contributed by atoms with Gasteiger partial charge in [-0.2, -0.15) is 0 Å². The van der Waals surface area contributed by atoms with Crippen molar-refractivity contribution in [3.05, 3.63) is 66.5 Å². The molecule has 0 aromatic heterocycles. The molecule has 2 saturated heterocycles. The summed E-state index contributed by atoms with van der Waals surface area (Å²) in [6.07, 6.45) is 4.91. The third kappa shape index (κ3) is 4.86. The average Bonchev–Trinajstić information content (AvgIpc) is 2.75. The van der Waals surface area contributed by atoms with Gasteiger partial charge in [-0.15, -0.1) is 6.58 Å². The predicted octanol–water partition coefficient (Wildman–Crippen LogP) is 4.14. The van der Waals surface area contributed by atoms with E-state index in [0.717, 1.165) is 51.3 Å². The van der Waals surface area contributed by atoms with Gasteiger partial charge in [-0.25, -0.2) is 8.78 Å². The number of halogens is 2. The third-order valence-corrected chi connectivity index (χ3v) is 6.35. The summed E-state index contributed by atoms with van der Waals surface area (Å²) in [4.78, 5) is 4.48. The molecule has 164 valence electrons. The number of nitrogens with zero attached hydrogens (tertiary/aromatic N) is 2. The lowest BCUT2D eigenvalue weighted by Gasteiger charge is -2.43. The molecule has 0 spiro atoms. The molecule has 2 heterocycles. The van der Waals surface area contributed by atoms with E-state index in [1.807, 2.05) is 0 Å². The largest absolute Gasteiger partial charge is 0.391 e. The number of likely N-dealkylation sites (N-methyl/N-ethyl adjacent to an activating group) is 1. The Bertz CT molecular complexity index is 760. The fourth-order valence-corrected chi connectivity index (χ4v) is 4.61. The SMILES string of the molecule is C=CCCC(C(=C)NC)c1c(F)cc(N2CCC(N3CCNCC3=C)CC2)cc1F. The Balaban J connectivity index is 1.73. The van der Waals surface area contributed by atoms with E-state index in [1.54, 1.807) is 13.1 Å². The van der Waals surface area contributed by atoms with Crippen LogP contribution in [0.5, 0.6) is 0 Å². The number of allylic oxidation sites excluding steroid dienone is 2. The van der Waals surface area contributed by atoms with E-state index in [9.17, 15) is 0 Å². The van der Waals surface area contributed by atoms with Crippen LogP contribution in [-0.2, 0) is 0 Å². The van der Waals surface area contributed by atoms with E-state index in [-0.39, 0.29) is 5.56 Å². The summed E-state index contributed by atoms with van der Waals surface area (Å²) in [5.41, 5.74) is 2.45. The Labute approximate surface area is 179 Å². The lowest BCUT2D eigenvalue weighted by atomic mass is 9.90. The van der Waals surface area contributed by atoms with E-state index in [4.69, 9.17) is 0 Å². The van der Waals surface area contributed by atoms with Gasteiger partial charge in [0.05, 0.1) is 0 Å². The molecule has 0 amide bonds. The molecular weight excluding hydrogens is 382 g/mol. The number of hydrogen-bond acceptors (Lipinski definition) is 4. The fourth-order valence-electron chi connectivity index (χ4n) is 4.61. The van der Waals surface area contributed by atoms with Crippen LogP contribution in [-0.4, -0.2) is 50.7 Å². The molecule has 1 aromatic rings. The normalized spacial score (nSPS) is 19.0. The van der Waals surface area contributed by atoms with Gasteiger partial charge in [-0.1, -0.05) is 19.2 Å². The van der Waals surface area contributed by atoms with Crippen molar-refractivity contribution >= 4 is 5.69 Å². The molecule has 1 unspecified atom stereocenters. The van der Waals surface area contributed by atoms with Crippen LogP contribution < -0.4 is 15.5 Å². The smallest absolute Gasteiger partial charge is 0.132 e. The van der Waals surface area contributed by atoms with Crippen molar-refractivity contribution in [3.63, 3.8) is 0 Å². The minimum atomic E-state index is -0.506. The van der Waals surface area contributed by atoms with Crippen molar-refractivity contribution in [2.24, 2.45) is 0 Å². The monoisotopic (exact) mass is 416 g/mol. The molecule has 2 N–H and O–H groups in total. The number of piperazine rings is 1. The Morgan fingerprint density at radius 1 is 1.27 bits per heavy atom. The first-order chi connectivity index (χ1) is 14.5. The van der Waals surface area contributed by atoms with Gasteiger partial charge in [-0.3, -0.25) is 0 Å². The van der Waals surface area contributed by atoms with Gasteiger partial charge in [0.1, 0.15) is 11.6 Å². The molecule has 2 aliphatic heterocycles. The Morgan fingerprint density at radius 3 is 2.50 bits per heavy atom. The van der Waals surface area contributed by atoms with Crippen LogP contribution in [0.25, 0.3) is 0 Å². The van der Waals surface area contributed by atoms with Crippen LogP contribution in [0, 0.1) is 11.6 Å². The first-order valence-corrected chi connectivity index (χ1v) is 10.8. The van der Waals surface area contributed by atoms with Gasteiger partial charge in [0, 0.05) is 74.4 Å². The number of piperidine rings is 1. The molecule has 30 heavy (non-hydrogen) atoms. The topological polar surface area (TPSA) is 30.5 Å².